The average Bonchev–Trinajstić information content (AvgIpc) is 2.31. The predicted molar refractivity (Wildman–Crippen MR) is 71.7 cm³/mol. The number of hydrogen-bond acceptors (Lipinski definition) is 4. The van der Waals surface area contributed by atoms with E-state index in [4.69, 9.17) is 11.0 Å². The monoisotopic (exact) mass is 235 g/mol. The van der Waals surface area contributed by atoms with Crippen LogP contribution in [0.5, 0.6) is 0 Å². The molecule has 0 fully saturated rings. The summed E-state index contributed by atoms with van der Waals surface area (Å²) in [6, 6.07) is 7.98. The molecule has 4 heteroatoms. The number of nitrogen functional groups attached to an aromatic ring is 1. The smallest absolute Gasteiger partial charge is 0.101 e. The average molecular weight is 235 g/mol. The Hall–Kier alpha value is -1.34. The van der Waals surface area contributed by atoms with E-state index in [-0.39, 0.29) is 0 Å². The number of nitrogens with zero attached hydrogens (tertiary/aromatic N) is 1. The normalized spacial score (nSPS) is 11.8. The third-order valence-electron chi connectivity index (χ3n) is 2.45. The molecule has 0 aliphatic rings. The zero-order chi connectivity index (χ0) is 12.0. The number of nitriles is 1. The maximum Gasteiger partial charge on any atom is 0.101 e. The van der Waals surface area contributed by atoms with Crippen molar-refractivity contribution in [2.24, 2.45) is 0 Å². The maximum absolute atomic E-state index is 8.88. The van der Waals surface area contributed by atoms with Crippen molar-refractivity contribution in [2.75, 3.05) is 23.1 Å². The van der Waals surface area contributed by atoms with Crippen LogP contribution in [0.3, 0.4) is 0 Å². The first kappa shape index (κ1) is 12.7. The van der Waals surface area contributed by atoms with Crippen LogP contribution in [-0.2, 0) is 0 Å². The molecular weight excluding hydrogens is 218 g/mol. The van der Waals surface area contributed by atoms with E-state index in [0.29, 0.717) is 17.3 Å². The van der Waals surface area contributed by atoms with Crippen LogP contribution in [0.1, 0.15) is 18.9 Å². The lowest BCUT2D eigenvalue weighted by atomic mass is 10.1. The largest absolute Gasteiger partial charge is 0.396 e. The Morgan fingerprint density at radius 3 is 2.88 bits per heavy atom. The van der Waals surface area contributed by atoms with Crippen molar-refractivity contribution in [3.63, 3.8) is 0 Å². The first-order chi connectivity index (χ1) is 7.72. The summed E-state index contributed by atoms with van der Waals surface area (Å²) in [5.74, 6) is 1.03. The van der Waals surface area contributed by atoms with Gasteiger partial charge in [-0.15, -0.1) is 0 Å². The highest BCUT2D eigenvalue weighted by Gasteiger charge is 2.09. The number of hydrogen-bond donors (Lipinski definition) is 2. The molecule has 1 atom stereocenters. The maximum atomic E-state index is 8.88. The lowest BCUT2D eigenvalue weighted by Crippen LogP contribution is -2.21. The Kier molecular flexibility index (Phi) is 5.00. The third-order valence-corrected chi connectivity index (χ3v) is 3.18. The van der Waals surface area contributed by atoms with Gasteiger partial charge in [-0.25, -0.2) is 0 Å². The van der Waals surface area contributed by atoms with Crippen molar-refractivity contribution in [1.29, 1.82) is 5.26 Å². The van der Waals surface area contributed by atoms with Gasteiger partial charge in [0.15, 0.2) is 0 Å². The summed E-state index contributed by atoms with van der Waals surface area (Å²) in [6.07, 6.45) is 3.12. The van der Waals surface area contributed by atoms with Crippen LogP contribution < -0.4 is 11.1 Å². The number of nitrogens with two attached hydrogens (primary N) is 1. The van der Waals surface area contributed by atoms with Crippen molar-refractivity contribution in [3.8, 4) is 6.07 Å². The van der Waals surface area contributed by atoms with Crippen molar-refractivity contribution < 1.29 is 0 Å². The van der Waals surface area contributed by atoms with E-state index in [0.717, 1.165) is 17.9 Å². The van der Waals surface area contributed by atoms with Gasteiger partial charge in [0, 0.05) is 11.8 Å². The Labute approximate surface area is 101 Å². The summed E-state index contributed by atoms with van der Waals surface area (Å²) in [5, 5.41) is 12.3. The van der Waals surface area contributed by atoms with Crippen LogP contribution in [0.25, 0.3) is 0 Å². The van der Waals surface area contributed by atoms with Gasteiger partial charge in [0.25, 0.3) is 0 Å². The Morgan fingerprint density at radius 2 is 2.31 bits per heavy atom. The molecular formula is C12H17N3S. The van der Waals surface area contributed by atoms with E-state index < -0.39 is 0 Å². The zero-order valence-corrected chi connectivity index (χ0v) is 10.5. The molecule has 0 bridgehead atoms. The van der Waals surface area contributed by atoms with Gasteiger partial charge in [0.05, 0.1) is 16.9 Å². The molecule has 1 rings (SSSR count). The number of anilines is 2. The molecule has 0 radical (unpaired) electrons. The van der Waals surface area contributed by atoms with Crippen molar-refractivity contribution in [1.82, 2.24) is 0 Å². The highest BCUT2D eigenvalue weighted by Crippen LogP contribution is 2.23. The highest BCUT2D eigenvalue weighted by molar-refractivity contribution is 7.98. The van der Waals surface area contributed by atoms with E-state index in [9.17, 15) is 0 Å². The molecule has 0 heterocycles. The molecule has 3 nitrogen and oxygen atoms in total. The zero-order valence-electron chi connectivity index (χ0n) is 9.66. The summed E-state index contributed by atoms with van der Waals surface area (Å²) in [7, 11) is 0. The van der Waals surface area contributed by atoms with E-state index in [1.807, 2.05) is 12.1 Å². The lowest BCUT2D eigenvalue weighted by molar-refractivity contribution is 0.775. The van der Waals surface area contributed by atoms with Gasteiger partial charge < -0.3 is 11.1 Å². The van der Waals surface area contributed by atoms with Crippen LogP contribution in [0.2, 0.25) is 0 Å². The molecule has 0 aromatic heterocycles. The second-order valence-corrected chi connectivity index (χ2v) is 4.49. The molecule has 86 valence electrons. The number of thioether (sulfide) groups is 1. The van der Waals surface area contributed by atoms with E-state index >= 15 is 0 Å². The van der Waals surface area contributed by atoms with Gasteiger partial charge >= 0.3 is 0 Å². The molecule has 0 saturated carbocycles. The first-order valence-electron chi connectivity index (χ1n) is 5.27. The van der Waals surface area contributed by atoms with E-state index in [1.165, 1.54) is 0 Å². The topological polar surface area (TPSA) is 61.8 Å². The van der Waals surface area contributed by atoms with E-state index in [2.05, 4.69) is 24.6 Å². The quantitative estimate of drug-likeness (QED) is 0.770. The molecule has 16 heavy (non-hydrogen) atoms. The fourth-order valence-corrected chi connectivity index (χ4v) is 2.19. The van der Waals surface area contributed by atoms with Crippen LogP contribution >= 0.6 is 11.8 Å². The SMILES string of the molecule is CCC(CSC)Nc1cccc(C#N)c1N. The van der Waals surface area contributed by atoms with Crippen LogP contribution in [0.15, 0.2) is 18.2 Å². The molecule has 0 aliphatic carbocycles. The Bertz CT molecular complexity index is 384. The highest BCUT2D eigenvalue weighted by atomic mass is 32.2. The van der Waals surface area contributed by atoms with Crippen LogP contribution in [-0.4, -0.2) is 18.1 Å². The van der Waals surface area contributed by atoms with Crippen LogP contribution in [0, 0.1) is 11.3 Å². The van der Waals surface area contributed by atoms with Gasteiger partial charge in [-0.3, -0.25) is 0 Å². The summed E-state index contributed by atoms with van der Waals surface area (Å²) in [5.41, 5.74) is 7.84. The van der Waals surface area contributed by atoms with E-state index in [1.54, 1.807) is 17.8 Å². The fourth-order valence-electron chi connectivity index (χ4n) is 1.47. The molecule has 0 aliphatic heterocycles. The molecule has 0 amide bonds. The molecule has 0 saturated heterocycles. The van der Waals surface area contributed by atoms with Crippen molar-refractivity contribution in [3.05, 3.63) is 23.8 Å². The number of benzene rings is 1. The minimum atomic E-state index is 0.395. The molecule has 1 aromatic rings. The molecule has 3 N–H and O–H groups in total. The first-order valence-corrected chi connectivity index (χ1v) is 6.66. The summed E-state index contributed by atoms with van der Waals surface area (Å²) in [4.78, 5) is 0. The number of rotatable bonds is 5. The van der Waals surface area contributed by atoms with Crippen molar-refractivity contribution in [2.45, 2.75) is 19.4 Å². The Morgan fingerprint density at radius 1 is 1.56 bits per heavy atom. The molecule has 0 spiro atoms. The Balaban J connectivity index is 2.84. The second-order valence-electron chi connectivity index (χ2n) is 3.58. The molecule has 1 unspecified atom stereocenters. The lowest BCUT2D eigenvalue weighted by Gasteiger charge is -2.18. The predicted octanol–water partition coefficient (Wildman–Crippen LogP) is 2.69. The minimum Gasteiger partial charge on any atom is -0.396 e. The second kappa shape index (κ2) is 6.29. The number of para-hydroxylation sites is 1. The van der Waals surface area contributed by atoms with Gasteiger partial charge in [0.1, 0.15) is 6.07 Å². The number of nitrogens with one attached hydrogen (secondary N) is 1. The van der Waals surface area contributed by atoms with Crippen molar-refractivity contribution >= 4 is 23.1 Å². The molecule has 1 aromatic carbocycles. The van der Waals surface area contributed by atoms with Gasteiger partial charge in [-0.2, -0.15) is 17.0 Å². The standard InChI is InChI=1S/C12H17N3S/c1-3-10(8-16-2)15-11-6-4-5-9(7-13)12(11)14/h4-6,10,15H,3,8,14H2,1-2H3. The summed E-state index contributed by atoms with van der Waals surface area (Å²) in [6.45, 7) is 2.14. The minimum absolute atomic E-state index is 0.395. The van der Waals surface area contributed by atoms with Gasteiger partial charge in [-0.1, -0.05) is 13.0 Å². The van der Waals surface area contributed by atoms with Crippen LogP contribution in [0.4, 0.5) is 11.4 Å². The fraction of sp³-hybridized carbons (Fsp3) is 0.417. The summed E-state index contributed by atoms with van der Waals surface area (Å²) < 4.78 is 0. The van der Waals surface area contributed by atoms with Gasteiger partial charge in [-0.05, 0) is 24.8 Å². The third kappa shape index (κ3) is 3.07. The summed E-state index contributed by atoms with van der Waals surface area (Å²) >= 11 is 1.80. The van der Waals surface area contributed by atoms with Gasteiger partial charge in [0.2, 0.25) is 0 Å².